The maximum Gasteiger partial charge on any atom is 0.164 e. The van der Waals surface area contributed by atoms with E-state index in [-0.39, 0.29) is 0 Å². The van der Waals surface area contributed by atoms with Crippen molar-refractivity contribution in [2.75, 3.05) is 18.9 Å². The summed E-state index contributed by atoms with van der Waals surface area (Å²) in [6.07, 6.45) is 3.18. The minimum Gasteiger partial charge on any atom is -0.381 e. The van der Waals surface area contributed by atoms with Crippen LogP contribution in [0.15, 0.2) is 6.07 Å². The van der Waals surface area contributed by atoms with E-state index in [1.54, 1.807) is 6.07 Å². The lowest BCUT2D eigenvalue weighted by atomic mass is 9.97. The monoisotopic (exact) mass is 227 g/mol. The Labute approximate surface area is 93.8 Å². The molecule has 0 radical (unpaired) electrons. The lowest BCUT2D eigenvalue weighted by Crippen LogP contribution is -2.19. The highest BCUT2D eigenvalue weighted by Gasteiger charge is 2.15. The van der Waals surface area contributed by atoms with Gasteiger partial charge in [0.1, 0.15) is 0 Å². The fourth-order valence-electron chi connectivity index (χ4n) is 1.78. The molecule has 0 bridgehead atoms. The van der Waals surface area contributed by atoms with Crippen molar-refractivity contribution >= 4 is 17.4 Å². The van der Waals surface area contributed by atoms with Crippen LogP contribution in [0.5, 0.6) is 0 Å². The van der Waals surface area contributed by atoms with Crippen LogP contribution in [0.1, 0.15) is 18.5 Å². The molecule has 1 aliphatic rings. The van der Waals surface area contributed by atoms with Gasteiger partial charge in [0.15, 0.2) is 5.82 Å². The molecule has 0 aliphatic carbocycles. The number of rotatable bonds is 2. The summed E-state index contributed by atoms with van der Waals surface area (Å²) in [6, 6.07) is 1.79. The van der Waals surface area contributed by atoms with Gasteiger partial charge in [0.05, 0.1) is 10.7 Å². The fourth-order valence-corrected chi connectivity index (χ4v) is 1.94. The molecule has 1 atom stereocenters. The van der Waals surface area contributed by atoms with Crippen LogP contribution in [0.2, 0.25) is 5.02 Å². The second-order valence-corrected chi connectivity index (χ2v) is 4.26. The normalized spacial score (nSPS) is 21.5. The molecule has 0 aromatic carbocycles. The van der Waals surface area contributed by atoms with E-state index in [0.717, 1.165) is 31.7 Å². The molecule has 2 N–H and O–H groups in total. The van der Waals surface area contributed by atoms with Crippen LogP contribution in [-0.4, -0.2) is 23.4 Å². The van der Waals surface area contributed by atoms with Gasteiger partial charge in [-0.15, -0.1) is 5.10 Å². The molecule has 0 saturated carbocycles. The molecule has 1 fully saturated rings. The van der Waals surface area contributed by atoms with Gasteiger partial charge in [-0.25, -0.2) is 0 Å². The summed E-state index contributed by atoms with van der Waals surface area (Å²) in [5.74, 6) is 0.827. The standard InChI is InChI=1S/C10H14ClN3O/c11-9-5-8(13-14-10(9)12)4-7-2-1-3-15-6-7/h5,7H,1-4,6H2,(H2,12,14). The van der Waals surface area contributed by atoms with Crippen molar-refractivity contribution in [3.05, 3.63) is 16.8 Å². The van der Waals surface area contributed by atoms with Crippen LogP contribution in [0, 0.1) is 5.92 Å². The van der Waals surface area contributed by atoms with Crippen molar-refractivity contribution in [1.82, 2.24) is 10.2 Å². The zero-order chi connectivity index (χ0) is 10.7. The van der Waals surface area contributed by atoms with Crippen molar-refractivity contribution in [3.8, 4) is 0 Å². The first-order valence-corrected chi connectivity index (χ1v) is 5.49. The van der Waals surface area contributed by atoms with Gasteiger partial charge in [-0.2, -0.15) is 5.10 Å². The molecule has 15 heavy (non-hydrogen) atoms. The minimum atomic E-state index is 0.292. The summed E-state index contributed by atoms with van der Waals surface area (Å²) in [4.78, 5) is 0. The number of anilines is 1. The summed E-state index contributed by atoms with van der Waals surface area (Å²) in [7, 11) is 0. The number of ether oxygens (including phenoxy) is 1. The highest BCUT2D eigenvalue weighted by molar-refractivity contribution is 6.32. The Balaban J connectivity index is 2.00. The van der Waals surface area contributed by atoms with E-state index < -0.39 is 0 Å². The summed E-state index contributed by atoms with van der Waals surface area (Å²) < 4.78 is 5.40. The van der Waals surface area contributed by atoms with Crippen molar-refractivity contribution in [2.24, 2.45) is 5.92 Å². The Kier molecular flexibility index (Phi) is 3.38. The van der Waals surface area contributed by atoms with Crippen molar-refractivity contribution in [1.29, 1.82) is 0 Å². The molecule has 4 nitrogen and oxygen atoms in total. The molecule has 2 rings (SSSR count). The topological polar surface area (TPSA) is 61.0 Å². The number of nitrogen functional groups attached to an aromatic ring is 1. The molecule has 0 spiro atoms. The van der Waals surface area contributed by atoms with E-state index in [9.17, 15) is 0 Å². The number of hydrogen-bond donors (Lipinski definition) is 1. The van der Waals surface area contributed by atoms with Gasteiger partial charge in [0.25, 0.3) is 0 Å². The van der Waals surface area contributed by atoms with Crippen LogP contribution in [0.25, 0.3) is 0 Å². The molecule has 0 amide bonds. The second-order valence-electron chi connectivity index (χ2n) is 3.86. The lowest BCUT2D eigenvalue weighted by Gasteiger charge is -2.21. The molecule has 1 aliphatic heterocycles. The zero-order valence-electron chi connectivity index (χ0n) is 8.45. The van der Waals surface area contributed by atoms with Crippen molar-refractivity contribution < 1.29 is 4.74 Å². The maximum atomic E-state index is 5.87. The van der Waals surface area contributed by atoms with Crippen LogP contribution in [0.3, 0.4) is 0 Å². The van der Waals surface area contributed by atoms with Gasteiger partial charge in [-0.05, 0) is 31.2 Å². The van der Waals surface area contributed by atoms with E-state index in [1.807, 2.05) is 0 Å². The van der Waals surface area contributed by atoms with Crippen LogP contribution in [0.4, 0.5) is 5.82 Å². The Hall–Kier alpha value is -0.870. The molecule has 5 heteroatoms. The highest BCUT2D eigenvalue weighted by Crippen LogP contribution is 2.20. The number of hydrogen-bond acceptors (Lipinski definition) is 4. The zero-order valence-corrected chi connectivity index (χ0v) is 9.20. The first-order chi connectivity index (χ1) is 7.25. The van der Waals surface area contributed by atoms with Gasteiger partial charge in [-0.3, -0.25) is 0 Å². The Bertz CT molecular complexity index is 339. The Morgan fingerprint density at radius 1 is 1.53 bits per heavy atom. The van der Waals surface area contributed by atoms with Gasteiger partial charge < -0.3 is 10.5 Å². The predicted octanol–water partition coefficient (Wildman–Crippen LogP) is 1.68. The van der Waals surface area contributed by atoms with E-state index in [4.69, 9.17) is 22.1 Å². The summed E-state index contributed by atoms with van der Waals surface area (Å²) in [5, 5.41) is 8.30. The maximum absolute atomic E-state index is 5.87. The van der Waals surface area contributed by atoms with Crippen molar-refractivity contribution in [3.63, 3.8) is 0 Å². The van der Waals surface area contributed by atoms with Crippen LogP contribution in [-0.2, 0) is 11.2 Å². The number of nitrogens with zero attached hydrogens (tertiary/aromatic N) is 2. The Morgan fingerprint density at radius 3 is 3.07 bits per heavy atom. The molecule has 1 unspecified atom stereocenters. The third kappa shape index (κ3) is 2.79. The summed E-state index contributed by atoms with van der Waals surface area (Å²) in [5.41, 5.74) is 6.38. The average Bonchev–Trinajstić information content (AvgIpc) is 2.25. The molecule has 2 heterocycles. The fraction of sp³-hybridized carbons (Fsp3) is 0.600. The third-order valence-electron chi connectivity index (χ3n) is 2.58. The quantitative estimate of drug-likeness (QED) is 0.835. The molecule has 1 aromatic heterocycles. The van der Waals surface area contributed by atoms with Gasteiger partial charge in [0.2, 0.25) is 0 Å². The lowest BCUT2D eigenvalue weighted by molar-refractivity contribution is 0.0546. The highest BCUT2D eigenvalue weighted by atomic mass is 35.5. The van der Waals surface area contributed by atoms with E-state index >= 15 is 0 Å². The van der Waals surface area contributed by atoms with Crippen molar-refractivity contribution in [2.45, 2.75) is 19.3 Å². The number of aromatic nitrogens is 2. The molecule has 82 valence electrons. The average molecular weight is 228 g/mol. The predicted molar refractivity (Wildman–Crippen MR) is 58.7 cm³/mol. The molecular formula is C10H14ClN3O. The molecular weight excluding hydrogens is 214 g/mol. The summed E-state index contributed by atoms with van der Waals surface area (Å²) >= 11 is 5.87. The van der Waals surface area contributed by atoms with Crippen LogP contribution >= 0.6 is 11.6 Å². The van der Waals surface area contributed by atoms with Gasteiger partial charge in [0, 0.05) is 13.2 Å². The first-order valence-electron chi connectivity index (χ1n) is 5.11. The van der Waals surface area contributed by atoms with Crippen LogP contribution < -0.4 is 5.73 Å². The first kappa shape index (κ1) is 10.6. The largest absolute Gasteiger partial charge is 0.381 e. The Morgan fingerprint density at radius 2 is 2.40 bits per heavy atom. The SMILES string of the molecule is Nc1nnc(CC2CCCOC2)cc1Cl. The van der Waals surface area contributed by atoms with E-state index in [2.05, 4.69) is 10.2 Å². The molecule has 1 saturated heterocycles. The molecule has 1 aromatic rings. The summed E-state index contributed by atoms with van der Waals surface area (Å²) in [6.45, 7) is 1.69. The van der Waals surface area contributed by atoms with Gasteiger partial charge in [-0.1, -0.05) is 11.6 Å². The second kappa shape index (κ2) is 4.77. The van der Waals surface area contributed by atoms with E-state index in [1.165, 1.54) is 6.42 Å². The third-order valence-corrected chi connectivity index (χ3v) is 2.88. The van der Waals surface area contributed by atoms with Gasteiger partial charge >= 0.3 is 0 Å². The van der Waals surface area contributed by atoms with E-state index in [0.29, 0.717) is 16.8 Å². The minimum absolute atomic E-state index is 0.292. The smallest absolute Gasteiger partial charge is 0.164 e. The number of halogens is 1. The number of nitrogens with two attached hydrogens (primary N) is 1.